The van der Waals surface area contributed by atoms with E-state index in [1.54, 1.807) is 0 Å². The molecule has 0 aliphatic carbocycles. The maximum absolute atomic E-state index is 14.3. The van der Waals surface area contributed by atoms with Gasteiger partial charge in [0.2, 0.25) is 0 Å². The van der Waals surface area contributed by atoms with Crippen molar-refractivity contribution >= 4 is 11.9 Å². The molecule has 0 saturated carbocycles. The highest BCUT2D eigenvalue weighted by Gasteiger charge is 2.51. The molecule has 1 spiro atoms. The van der Waals surface area contributed by atoms with Gasteiger partial charge in [-0.2, -0.15) is 0 Å². The van der Waals surface area contributed by atoms with Crippen LogP contribution < -0.4 is 20.1 Å². The Bertz CT molecular complexity index is 674. The highest BCUT2D eigenvalue weighted by molar-refractivity contribution is 6.07. The largest absolute Gasteiger partial charge is 0.493 e. The van der Waals surface area contributed by atoms with Gasteiger partial charge in [0.1, 0.15) is 11.4 Å². The first kappa shape index (κ1) is 16.5. The van der Waals surface area contributed by atoms with Gasteiger partial charge in [-0.1, -0.05) is 0 Å². The van der Waals surface area contributed by atoms with Crippen molar-refractivity contribution in [2.45, 2.75) is 24.9 Å². The standard InChI is InChI=1S/C16H20FN3O4/c1-23-12-7-10(11(17)8-13(12)24-2)9-20-14(21)16(19-15(20)22)3-5-18-6-4-16/h7-8,18H,3-6,9H2,1-2H3,(H,19,22). The third kappa shape index (κ3) is 2.66. The zero-order valence-corrected chi connectivity index (χ0v) is 13.6. The number of carbonyl (C=O) groups excluding carboxylic acids is 2. The fourth-order valence-electron chi connectivity index (χ4n) is 3.20. The number of rotatable bonds is 4. The highest BCUT2D eigenvalue weighted by atomic mass is 19.1. The normalized spacial score (nSPS) is 19.5. The third-order valence-electron chi connectivity index (χ3n) is 4.58. The lowest BCUT2D eigenvalue weighted by atomic mass is 9.88. The van der Waals surface area contributed by atoms with Crippen LogP contribution in [-0.4, -0.2) is 49.7 Å². The molecule has 0 radical (unpaired) electrons. The molecule has 2 saturated heterocycles. The van der Waals surface area contributed by atoms with Gasteiger partial charge < -0.3 is 20.1 Å². The van der Waals surface area contributed by atoms with E-state index in [0.29, 0.717) is 31.7 Å². The molecular weight excluding hydrogens is 317 g/mol. The highest BCUT2D eigenvalue weighted by Crippen LogP contribution is 2.32. The van der Waals surface area contributed by atoms with Crippen LogP contribution in [0.1, 0.15) is 18.4 Å². The smallest absolute Gasteiger partial charge is 0.325 e. The number of hydrogen-bond acceptors (Lipinski definition) is 5. The van der Waals surface area contributed by atoms with Crippen molar-refractivity contribution in [2.24, 2.45) is 0 Å². The molecular formula is C16H20FN3O4. The first-order valence-electron chi connectivity index (χ1n) is 7.76. The van der Waals surface area contributed by atoms with Crippen molar-refractivity contribution in [3.63, 3.8) is 0 Å². The minimum absolute atomic E-state index is 0.147. The number of imide groups is 1. The number of nitrogens with zero attached hydrogens (tertiary/aromatic N) is 1. The van der Waals surface area contributed by atoms with Crippen LogP contribution in [0.2, 0.25) is 0 Å². The van der Waals surface area contributed by atoms with E-state index in [2.05, 4.69) is 10.6 Å². The van der Waals surface area contributed by atoms with Gasteiger partial charge in [-0.05, 0) is 32.0 Å². The van der Waals surface area contributed by atoms with Crippen LogP contribution in [-0.2, 0) is 11.3 Å². The third-order valence-corrected chi connectivity index (χ3v) is 4.58. The number of carbonyl (C=O) groups is 2. The first-order valence-corrected chi connectivity index (χ1v) is 7.76. The van der Waals surface area contributed by atoms with E-state index < -0.39 is 17.4 Å². The number of methoxy groups -OCH3 is 2. The molecule has 7 nitrogen and oxygen atoms in total. The Morgan fingerprint density at radius 3 is 2.42 bits per heavy atom. The lowest BCUT2D eigenvalue weighted by molar-refractivity contribution is -0.132. The fourth-order valence-corrected chi connectivity index (χ4v) is 3.20. The van der Waals surface area contributed by atoms with Gasteiger partial charge >= 0.3 is 6.03 Å². The van der Waals surface area contributed by atoms with E-state index in [0.717, 1.165) is 4.90 Å². The molecule has 8 heteroatoms. The predicted molar refractivity (Wildman–Crippen MR) is 83.4 cm³/mol. The van der Waals surface area contributed by atoms with E-state index in [4.69, 9.17) is 9.47 Å². The number of ether oxygens (including phenoxy) is 2. The Kier molecular flexibility index (Phi) is 4.31. The van der Waals surface area contributed by atoms with Gasteiger partial charge in [0.25, 0.3) is 5.91 Å². The summed E-state index contributed by atoms with van der Waals surface area (Å²) in [6.45, 7) is 1.17. The van der Waals surface area contributed by atoms with Crippen molar-refractivity contribution in [3.8, 4) is 11.5 Å². The Morgan fingerprint density at radius 2 is 1.79 bits per heavy atom. The van der Waals surface area contributed by atoms with Crippen LogP contribution in [0, 0.1) is 5.82 Å². The summed E-state index contributed by atoms with van der Waals surface area (Å²) in [6, 6.07) is 2.14. The van der Waals surface area contributed by atoms with Gasteiger partial charge in [-0.25, -0.2) is 9.18 Å². The number of amides is 3. The van der Waals surface area contributed by atoms with E-state index >= 15 is 0 Å². The van der Waals surface area contributed by atoms with Crippen LogP contribution in [0.15, 0.2) is 12.1 Å². The number of piperidine rings is 1. The average Bonchev–Trinajstić information content (AvgIpc) is 2.80. The average molecular weight is 337 g/mol. The second-order valence-corrected chi connectivity index (χ2v) is 5.95. The maximum atomic E-state index is 14.3. The van der Waals surface area contributed by atoms with Gasteiger partial charge in [0, 0.05) is 11.6 Å². The van der Waals surface area contributed by atoms with E-state index in [1.165, 1.54) is 26.4 Å². The fraction of sp³-hybridized carbons (Fsp3) is 0.500. The molecule has 0 bridgehead atoms. The van der Waals surface area contributed by atoms with Gasteiger partial charge in [0.15, 0.2) is 11.5 Å². The molecule has 3 rings (SSSR count). The number of halogens is 1. The zero-order valence-electron chi connectivity index (χ0n) is 13.6. The number of benzene rings is 1. The number of hydrogen-bond donors (Lipinski definition) is 2. The minimum Gasteiger partial charge on any atom is -0.493 e. The van der Waals surface area contributed by atoms with Crippen LogP contribution >= 0.6 is 0 Å². The lowest BCUT2D eigenvalue weighted by Gasteiger charge is -2.31. The summed E-state index contributed by atoms with van der Waals surface area (Å²) in [5.41, 5.74) is -0.669. The summed E-state index contributed by atoms with van der Waals surface area (Å²) in [5.74, 6) is -0.258. The zero-order chi connectivity index (χ0) is 17.3. The molecule has 24 heavy (non-hydrogen) atoms. The molecule has 1 aromatic carbocycles. The topological polar surface area (TPSA) is 79.9 Å². The van der Waals surface area contributed by atoms with Crippen molar-refractivity contribution in [2.75, 3.05) is 27.3 Å². The van der Waals surface area contributed by atoms with Crippen molar-refractivity contribution < 1.29 is 23.5 Å². The molecule has 2 aliphatic heterocycles. The van der Waals surface area contributed by atoms with Crippen LogP contribution in [0.4, 0.5) is 9.18 Å². The molecule has 2 heterocycles. The van der Waals surface area contributed by atoms with Crippen molar-refractivity contribution in [1.29, 1.82) is 0 Å². The number of nitrogens with one attached hydrogen (secondary N) is 2. The Morgan fingerprint density at radius 1 is 1.17 bits per heavy atom. The minimum atomic E-state index is -0.866. The summed E-state index contributed by atoms with van der Waals surface area (Å²) in [5, 5.41) is 5.94. The van der Waals surface area contributed by atoms with Crippen LogP contribution in [0.5, 0.6) is 11.5 Å². The summed E-state index contributed by atoms with van der Waals surface area (Å²) in [4.78, 5) is 26.0. The van der Waals surface area contributed by atoms with Gasteiger partial charge in [-0.3, -0.25) is 9.69 Å². The molecule has 2 N–H and O–H groups in total. The van der Waals surface area contributed by atoms with Crippen LogP contribution in [0.25, 0.3) is 0 Å². The second kappa shape index (κ2) is 6.27. The molecule has 2 fully saturated rings. The lowest BCUT2D eigenvalue weighted by Crippen LogP contribution is -2.53. The Balaban J connectivity index is 1.86. The molecule has 0 atom stereocenters. The van der Waals surface area contributed by atoms with E-state index in [1.807, 2.05) is 0 Å². The van der Waals surface area contributed by atoms with Crippen LogP contribution in [0.3, 0.4) is 0 Å². The summed E-state index contributed by atoms with van der Waals surface area (Å²) < 4.78 is 24.5. The summed E-state index contributed by atoms with van der Waals surface area (Å²) in [7, 11) is 2.85. The maximum Gasteiger partial charge on any atom is 0.325 e. The number of urea groups is 1. The summed E-state index contributed by atoms with van der Waals surface area (Å²) in [6.07, 6.45) is 1.06. The Hall–Kier alpha value is -2.35. The second-order valence-electron chi connectivity index (χ2n) is 5.95. The monoisotopic (exact) mass is 337 g/mol. The van der Waals surface area contributed by atoms with Gasteiger partial charge in [0.05, 0.1) is 20.8 Å². The van der Waals surface area contributed by atoms with Gasteiger partial charge in [-0.15, -0.1) is 0 Å². The molecule has 0 unspecified atom stereocenters. The van der Waals surface area contributed by atoms with Crippen molar-refractivity contribution in [3.05, 3.63) is 23.5 Å². The van der Waals surface area contributed by atoms with E-state index in [9.17, 15) is 14.0 Å². The first-order chi connectivity index (χ1) is 11.5. The van der Waals surface area contributed by atoms with Crippen molar-refractivity contribution in [1.82, 2.24) is 15.5 Å². The Labute approximate surface area is 139 Å². The SMILES string of the molecule is COc1cc(F)c(CN2C(=O)NC3(CCNCC3)C2=O)cc1OC. The van der Waals surface area contributed by atoms with E-state index in [-0.39, 0.29) is 23.8 Å². The molecule has 1 aromatic rings. The molecule has 130 valence electrons. The summed E-state index contributed by atoms with van der Waals surface area (Å²) >= 11 is 0. The molecule has 3 amide bonds. The predicted octanol–water partition coefficient (Wildman–Crippen LogP) is 1.02. The quantitative estimate of drug-likeness (QED) is 0.802. The molecule has 2 aliphatic rings. The molecule has 0 aromatic heterocycles.